The second-order valence-electron chi connectivity index (χ2n) is 10.8. The van der Waals surface area contributed by atoms with Crippen LogP contribution in [0.3, 0.4) is 0 Å². The fourth-order valence-corrected chi connectivity index (χ4v) is 5.06. The summed E-state index contributed by atoms with van der Waals surface area (Å²) in [5, 5.41) is 5.05. The summed E-state index contributed by atoms with van der Waals surface area (Å²) in [5.74, 6) is 1.32. The third-order valence-corrected chi connectivity index (χ3v) is 6.98. The van der Waals surface area contributed by atoms with Crippen LogP contribution >= 0.6 is 23.8 Å². The zero-order valence-electron chi connectivity index (χ0n) is 23.1. The van der Waals surface area contributed by atoms with Gasteiger partial charge in [0.15, 0.2) is 5.11 Å². The molecule has 0 aliphatic heterocycles. The first-order valence-corrected chi connectivity index (χ1v) is 14.2. The summed E-state index contributed by atoms with van der Waals surface area (Å²) >= 11 is 12.1. The van der Waals surface area contributed by atoms with Gasteiger partial charge in [-0.25, -0.2) is 0 Å². The molecule has 0 saturated heterocycles. The lowest BCUT2D eigenvalue weighted by Crippen LogP contribution is -2.38. The van der Waals surface area contributed by atoms with E-state index in [2.05, 4.69) is 109 Å². The van der Waals surface area contributed by atoms with Crippen molar-refractivity contribution >= 4 is 34.6 Å². The summed E-state index contributed by atoms with van der Waals surface area (Å²) in [6.07, 6.45) is 3.21. The van der Waals surface area contributed by atoms with Crippen molar-refractivity contribution in [1.82, 2.24) is 14.4 Å². The molecule has 0 atom stereocenters. The van der Waals surface area contributed by atoms with Crippen LogP contribution in [0.25, 0.3) is 0 Å². The number of thiocarbonyl (C=S) groups is 1. The second-order valence-corrected chi connectivity index (χ2v) is 11.6. The normalized spacial score (nSPS) is 11.5. The number of anilines is 1. The Labute approximate surface area is 234 Å². The van der Waals surface area contributed by atoms with E-state index in [9.17, 15) is 0 Å². The number of para-hydroxylation sites is 1. The van der Waals surface area contributed by atoms with Crippen molar-refractivity contribution in [2.45, 2.75) is 54.1 Å². The van der Waals surface area contributed by atoms with Crippen LogP contribution in [-0.2, 0) is 13.1 Å². The van der Waals surface area contributed by atoms with E-state index in [0.717, 1.165) is 61.5 Å². The minimum atomic E-state index is 0.662. The summed E-state index contributed by atoms with van der Waals surface area (Å²) < 4.78 is 2.30. The molecule has 0 spiro atoms. The number of rotatable bonds is 13. The van der Waals surface area contributed by atoms with E-state index in [-0.39, 0.29) is 0 Å². The van der Waals surface area contributed by atoms with Gasteiger partial charge in [-0.3, -0.25) is 0 Å². The summed E-state index contributed by atoms with van der Waals surface area (Å²) in [5.41, 5.74) is 4.73. The van der Waals surface area contributed by atoms with Gasteiger partial charge in [0, 0.05) is 48.8 Å². The third-order valence-electron chi connectivity index (χ3n) is 6.37. The molecule has 0 bridgehead atoms. The van der Waals surface area contributed by atoms with Crippen LogP contribution in [-0.4, -0.2) is 45.7 Å². The number of benzene rings is 2. The Bertz CT molecular complexity index is 1100. The topological polar surface area (TPSA) is 23.4 Å². The summed E-state index contributed by atoms with van der Waals surface area (Å²) in [6, 6.07) is 20.7. The second kappa shape index (κ2) is 14.6. The Hall–Kier alpha value is -2.34. The van der Waals surface area contributed by atoms with Gasteiger partial charge in [-0.15, -0.1) is 0 Å². The molecule has 1 N–H and O–H groups in total. The number of aromatic nitrogens is 1. The smallest absolute Gasteiger partial charge is 0.173 e. The van der Waals surface area contributed by atoms with Gasteiger partial charge in [-0.05, 0) is 85.4 Å². The molecule has 37 heavy (non-hydrogen) atoms. The van der Waals surface area contributed by atoms with Gasteiger partial charge in [-0.1, -0.05) is 69.6 Å². The van der Waals surface area contributed by atoms with E-state index in [0.29, 0.717) is 11.8 Å². The van der Waals surface area contributed by atoms with Crippen LogP contribution in [0, 0.1) is 18.8 Å². The Morgan fingerprint density at radius 3 is 2.24 bits per heavy atom. The van der Waals surface area contributed by atoms with Crippen molar-refractivity contribution in [1.29, 1.82) is 0 Å². The number of hydrogen-bond acceptors (Lipinski definition) is 2. The lowest BCUT2D eigenvalue weighted by Gasteiger charge is -2.30. The minimum Gasteiger partial charge on any atom is -0.345 e. The van der Waals surface area contributed by atoms with Crippen LogP contribution in [0.4, 0.5) is 5.69 Å². The van der Waals surface area contributed by atoms with Crippen molar-refractivity contribution in [2.24, 2.45) is 11.8 Å². The highest BCUT2D eigenvalue weighted by atomic mass is 35.5. The van der Waals surface area contributed by atoms with Crippen LogP contribution in [0.15, 0.2) is 66.9 Å². The first kappa shape index (κ1) is 29.2. The van der Waals surface area contributed by atoms with Gasteiger partial charge < -0.3 is 19.7 Å². The minimum absolute atomic E-state index is 0.662. The molecule has 0 radical (unpaired) electrons. The summed E-state index contributed by atoms with van der Waals surface area (Å²) in [6.45, 7) is 17.1. The fraction of sp³-hybridized carbons (Fsp3) is 0.452. The van der Waals surface area contributed by atoms with Crippen LogP contribution in [0.2, 0.25) is 5.02 Å². The van der Waals surface area contributed by atoms with E-state index in [1.165, 1.54) is 16.8 Å². The molecule has 0 aliphatic rings. The molecule has 6 heteroatoms. The van der Waals surface area contributed by atoms with Crippen molar-refractivity contribution in [2.75, 3.05) is 31.5 Å². The predicted molar refractivity (Wildman–Crippen MR) is 164 cm³/mol. The average Bonchev–Trinajstić information content (AvgIpc) is 3.27. The van der Waals surface area contributed by atoms with Crippen LogP contribution in [0.1, 0.15) is 50.9 Å². The van der Waals surface area contributed by atoms with E-state index in [4.69, 9.17) is 23.8 Å². The Kier molecular flexibility index (Phi) is 11.5. The van der Waals surface area contributed by atoms with E-state index in [1.807, 2.05) is 12.1 Å². The molecule has 0 aliphatic carbocycles. The third kappa shape index (κ3) is 9.81. The van der Waals surface area contributed by atoms with Crippen molar-refractivity contribution < 1.29 is 0 Å². The first-order chi connectivity index (χ1) is 17.7. The van der Waals surface area contributed by atoms with Gasteiger partial charge in [0.25, 0.3) is 0 Å². The van der Waals surface area contributed by atoms with Crippen molar-refractivity contribution in [3.8, 4) is 0 Å². The molecule has 3 rings (SSSR count). The molecular formula is C31H43ClN4S. The summed E-state index contributed by atoms with van der Waals surface area (Å²) in [4.78, 5) is 4.92. The number of nitrogens with one attached hydrogen (secondary N) is 1. The maximum absolute atomic E-state index is 6.09. The highest BCUT2D eigenvalue weighted by Crippen LogP contribution is 2.17. The fourth-order valence-electron chi connectivity index (χ4n) is 4.66. The molecule has 200 valence electrons. The van der Waals surface area contributed by atoms with E-state index in [1.54, 1.807) is 0 Å². The molecule has 0 fully saturated rings. The molecular weight excluding hydrogens is 496 g/mol. The number of nitrogens with zero attached hydrogens (tertiary/aromatic N) is 3. The lowest BCUT2D eigenvalue weighted by atomic mass is 10.1. The van der Waals surface area contributed by atoms with Gasteiger partial charge >= 0.3 is 0 Å². The maximum atomic E-state index is 6.09. The molecule has 1 heterocycles. The molecule has 2 aromatic carbocycles. The van der Waals surface area contributed by atoms with Crippen LogP contribution in [0.5, 0.6) is 0 Å². The first-order valence-electron chi connectivity index (χ1n) is 13.4. The van der Waals surface area contributed by atoms with Gasteiger partial charge in [0.1, 0.15) is 0 Å². The number of aryl methyl sites for hydroxylation is 1. The SMILES string of the molecule is Cc1ccccc1NC(=S)N(CCCN(CC(C)C)CC(C)C)Cc1cccn1Cc1ccc(Cl)cc1. The highest BCUT2D eigenvalue weighted by molar-refractivity contribution is 7.80. The Balaban J connectivity index is 1.73. The molecule has 1 aromatic heterocycles. The van der Waals surface area contributed by atoms with E-state index >= 15 is 0 Å². The predicted octanol–water partition coefficient (Wildman–Crippen LogP) is 7.70. The quantitative estimate of drug-likeness (QED) is 0.225. The molecule has 0 unspecified atom stereocenters. The van der Waals surface area contributed by atoms with Gasteiger partial charge in [0.2, 0.25) is 0 Å². The van der Waals surface area contributed by atoms with Crippen LogP contribution < -0.4 is 5.32 Å². The molecule has 0 saturated carbocycles. The Morgan fingerprint density at radius 1 is 0.919 bits per heavy atom. The lowest BCUT2D eigenvalue weighted by molar-refractivity contribution is 0.209. The standard InChI is InChI=1S/C31H43ClN4S/c1-24(2)20-34(21-25(3)4)17-9-19-36(31(37)33-30-12-7-6-10-26(30)5)23-29-11-8-18-35(29)22-27-13-15-28(32)16-14-27/h6-8,10-16,18,24-25H,9,17,19-23H2,1-5H3,(H,33,37). The van der Waals surface area contributed by atoms with E-state index < -0.39 is 0 Å². The van der Waals surface area contributed by atoms with Crippen molar-refractivity contribution in [3.63, 3.8) is 0 Å². The maximum Gasteiger partial charge on any atom is 0.173 e. The monoisotopic (exact) mass is 538 g/mol. The van der Waals surface area contributed by atoms with Gasteiger partial charge in [0.05, 0.1) is 6.54 Å². The number of halogens is 1. The average molecular weight is 539 g/mol. The number of hydrogen-bond donors (Lipinski definition) is 1. The molecule has 4 nitrogen and oxygen atoms in total. The molecule has 3 aromatic rings. The molecule has 0 amide bonds. The Morgan fingerprint density at radius 2 is 1.59 bits per heavy atom. The zero-order valence-corrected chi connectivity index (χ0v) is 24.7. The highest BCUT2D eigenvalue weighted by Gasteiger charge is 2.16. The van der Waals surface area contributed by atoms with Gasteiger partial charge in [-0.2, -0.15) is 0 Å². The largest absolute Gasteiger partial charge is 0.345 e. The zero-order chi connectivity index (χ0) is 26.8. The van der Waals surface area contributed by atoms with Crippen molar-refractivity contribution in [3.05, 3.63) is 88.7 Å². The summed E-state index contributed by atoms with van der Waals surface area (Å²) in [7, 11) is 0.